The highest BCUT2D eigenvalue weighted by molar-refractivity contribution is 7.13. The molecule has 0 aromatic carbocycles. The van der Waals surface area contributed by atoms with Crippen LogP contribution in [0.2, 0.25) is 0 Å². The molecule has 1 saturated heterocycles. The summed E-state index contributed by atoms with van der Waals surface area (Å²) < 4.78 is 0. The van der Waals surface area contributed by atoms with E-state index in [0.717, 1.165) is 25.4 Å². The van der Waals surface area contributed by atoms with E-state index in [1.54, 1.807) is 5.51 Å². The molecular formula is C12H18N4OS. The minimum atomic E-state index is -0.0178. The van der Waals surface area contributed by atoms with Gasteiger partial charge in [0.05, 0.1) is 0 Å². The number of anilines is 1. The summed E-state index contributed by atoms with van der Waals surface area (Å²) in [6.07, 6.45) is 6.50. The number of carbonyl (C=O) groups excluding carboxylic acids is 1. The first-order chi connectivity index (χ1) is 8.83. The molecular weight excluding hydrogens is 248 g/mol. The number of hydrogen-bond acceptors (Lipinski definition) is 4. The standard InChI is InChI=1S/C12H18N4OS/c17-12(14-11-15-13-8-18-11)16-6-5-9-3-1-2-4-10(9)7-16/h8-10H,1-7H2,(H,14,15,17)/t9-,10+/m1/s1. The summed E-state index contributed by atoms with van der Waals surface area (Å²) in [4.78, 5) is 14.0. The van der Waals surface area contributed by atoms with Crippen LogP contribution in [-0.2, 0) is 0 Å². The van der Waals surface area contributed by atoms with Gasteiger partial charge >= 0.3 is 6.03 Å². The van der Waals surface area contributed by atoms with Crippen LogP contribution < -0.4 is 5.32 Å². The average molecular weight is 266 g/mol. The van der Waals surface area contributed by atoms with E-state index >= 15 is 0 Å². The number of hydrogen-bond donors (Lipinski definition) is 1. The second-order valence-corrected chi connectivity index (χ2v) is 6.05. The number of fused-ring (bicyclic) bond motifs is 1. The second kappa shape index (κ2) is 5.22. The molecule has 0 bridgehead atoms. The lowest BCUT2D eigenvalue weighted by Crippen LogP contribution is -2.46. The van der Waals surface area contributed by atoms with Crippen LogP contribution in [0.3, 0.4) is 0 Å². The van der Waals surface area contributed by atoms with Crippen LogP contribution in [0.15, 0.2) is 5.51 Å². The first kappa shape index (κ1) is 11.9. The first-order valence-electron chi connectivity index (χ1n) is 6.65. The van der Waals surface area contributed by atoms with Crippen molar-refractivity contribution in [3.8, 4) is 0 Å². The lowest BCUT2D eigenvalue weighted by Gasteiger charge is -2.41. The Morgan fingerprint density at radius 1 is 1.33 bits per heavy atom. The number of aromatic nitrogens is 2. The maximum atomic E-state index is 12.1. The molecule has 2 fully saturated rings. The van der Waals surface area contributed by atoms with E-state index in [0.29, 0.717) is 11.0 Å². The maximum Gasteiger partial charge on any atom is 0.323 e. The first-order valence-corrected chi connectivity index (χ1v) is 7.53. The van der Waals surface area contributed by atoms with Crippen molar-refractivity contribution in [1.29, 1.82) is 0 Å². The fraction of sp³-hybridized carbons (Fsp3) is 0.750. The van der Waals surface area contributed by atoms with Crippen LogP contribution in [0.25, 0.3) is 0 Å². The molecule has 1 aromatic rings. The number of amides is 2. The van der Waals surface area contributed by atoms with Crippen LogP contribution in [0.4, 0.5) is 9.93 Å². The van der Waals surface area contributed by atoms with Gasteiger partial charge in [-0.05, 0) is 24.7 Å². The van der Waals surface area contributed by atoms with Crippen LogP contribution in [0.5, 0.6) is 0 Å². The normalized spacial score (nSPS) is 27.7. The molecule has 3 rings (SSSR count). The number of nitrogens with zero attached hydrogens (tertiary/aromatic N) is 3. The summed E-state index contributed by atoms with van der Waals surface area (Å²) in [6, 6.07) is -0.0178. The Balaban J connectivity index is 1.58. The molecule has 1 saturated carbocycles. The molecule has 1 N–H and O–H groups in total. The third-order valence-corrected chi connectivity index (χ3v) is 4.76. The number of urea groups is 1. The Morgan fingerprint density at radius 3 is 2.94 bits per heavy atom. The fourth-order valence-corrected chi connectivity index (χ4v) is 3.62. The topological polar surface area (TPSA) is 58.1 Å². The molecule has 0 radical (unpaired) electrons. The van der Waals surface area contributed by atoms with Crippen molar-refractivity contribution in [2.24, 2.45) is 11.8 Å². The Morgan fingerprint density at radius 2 is 2.17 bits per heavy atom. The molecule has 18 heavy (non-hydrogen) atoms. The minimum absolute atomic E-state index is 0.0178. The monoisotopic (exact) mass is 266 g/mol. The summed E-state index contributed by atoms with van der Waals surface area (Å²) in [5, 5.41) is 11.0. The molecule has 2 amide bonds. The van der Waals surface area contributed by atoms with Gasteiger partial charge in [0.2, 0.25) is 5.13 Å². The summed E-state index contributed by atoms with van der Waals surface area (Å²) in [5.74, 6) is 1.57. The highest BCUT2D eigenvalue weighted by atomic mass is 32.1. The maximum absolute atomic E-state index is 12.1. The molecule has 0 spiro atoms. The van der Waals surface area contributed by atoms with E-state index in [2.05, 4.69) is 15.5 Å². The molecule has 2 atom stereocenters. The van der Waals surface area contributed by atoms with E-state index < -0.39 is 0 Å². The predicted octanol–water partition coefficient (Wildman–Crippen LogP) is 2.58. The van der Waals surface area contributed by atoms with E-state index in [1.165, 1.54) is 37.0 Å². The third-order valence-electron chi connectivity index (χ3n) is 4.15. The molecule has 6 heteroatoms. The summed E-state index contributed by atoms with van der Waals surface area (Å²) in [6.45, 7) is 1.79. The van der Waals surface area contributed by atoms with Crippen molar-refractivity contribution in [2.45, 2.75) is 32.1 Å². The lowest BCUT2D eigenvalue weighted by atomic mass is 9.75. The van der Waals surface area contributed by atoms with Crippen molar-refractivity contribution in [1.82, 2.24) is 15.1 Å². The SMILES string of the molecule is O=C(Nc1nncs1)N1CC[C@H]2CCCC[C@H]2C1. The molecule has 98 valence electrons. The smallest absolute Gasteiger partial charge is 0.323 e. The van der Waals surface area contributed by atoms with Crippen molar-refractivity contribution in [3.05, 3.63) is 5.51 Å². The van der Waals surface area contributed by atoms with Gasteiger partial charge in [-0.25, -0.2) is 4.79 Å². The largest absolute Gasteiger partial charge is 0.324 e. The molecule has 2 aliphatic rings. The molecule has 1 aliphatic carbocycles. The van der Waals surface area contributed by atoms with Crippen LogP contribution in [-0.4, -0.2) is 34.2 Å². The van der Waals surface area contributed by atoms with Gasteiger partial charge in [0.25, 0.3) is 0 Å². The van der Waals surface area contributed by atoms with Gasteiger partial charge in [0.1, 0.15) is 5.51 Å². The van der Waals surface area contributed by atoms with Gasteiger partial charge in [-0.2, -0.15) is 0 Å². The van der Waals surface area contributed by atoms with Crippen molar-refractivity contribution in [3.63, 3.8) is 0 Å². The third kappa shape index (κ3) is 2.48. The van der Waals surface area contributed by atoms with Gasteiger partial charge in [-0.15, -0.1) is 10.2 Å². The number of carbonyl (C=O) groups is 1. The van der Waals surface area contributed by atoms with Crippen LogP contribution in [0, 0.1) is 11.8 Å². The van der Waals surface area contributed by atoms with Gasteiger partial charge in [0.15, 0.2) is 0 Å². The second-order valence-electron chi connectivity index (χ2n) is 5.21. The Hall–Kier alpha value is -1.17. The summed E-state index contributed by atoms with van der Waals surface area (Å²) in [5.41, 5.74) is 1.63. The van der Waals surface area contributed by atoms with Crippen LogP contribution in [0.1, 0.15) is 32.1 Å². The number of likely N-dealkylation sites (tertiary alicyclic amines) is 1. The highest BCUT2D eigenvalue weighted by Crippen LogP contribution is 2.36. The molecule has 5 nitrogen and oxygen atoms in total. The zero-order chi connectivity index (χ0) is 12.4. The zero-order valence-corrected chi connectivity index (χ0v) is 11.2. The van der Waals surface area contributed by atoms with E-state index in [4.69, 9.17) is 0 Å². The van der Waals surface area contributed by atoms with Crippen LogP contribution >= 0.6 is 11.3 Å². The predicted molar refractivity (Wildman–Crippen MR) is 70.6 cm³/mol. The zero-order valence-electron chi connectivity index (χ0n) is 10.3. The van der Waals surface area contributed by atoms with E-state index in [1.807, 2.05) is 4.90 Å². The minimum Gasteiger partial charge on any atom is -0.324 e. The van der Waals surface area contributed by atoms with Crippen molar-refractivity contribution in [2.75, 3.05) is 18.4 Å². The fourth-order valence-electron chi connectivity index (χ4n) is 3.18. The number of nitrogens with one attached hydrogen (secondary N) is 1. The quantitative estimate of drug-likeness (QED) is 0.850. The molecule has 2 heterocycles. The van der Waals surface area contributed by atoms with Gasteiger partial charge in [-0.3, -0.25) is 5.32 Å². The molecule has 0 unspecified atom stereocenters. The van der Waals surface area contributed by atoms with Gasteiger partial charge in [0, 0.05) is 13.1 Å². The number of piperidine rings is 1. The van der Waals surface area contributed by atoms with E-state index in [-0.39, 0.29) is 6.03 Å². The summed E-state index contributed by atoms with van der Waals surface area (Å²) >= 11 is 1.36. The Kier molecular flexibility index (Phi) is 3.45. The van der Waals surface area contributed by atoms with Crippen molar-refractivity contribution >= 4 is 22.5 Å². The van der Waals surface area contributed by atoms with Gasteiger partial charge < -0.3 is 4.90 Å². The van der Waals surface area contributed by atoms with Crippen molar-refractivity contribution < 1.29 is 4.79 Å². The van der Waals surface area contributed by atoms with Gasteiger partial charge in [-0.1, -0.05) is 30.6 Å². The number of rotatable bonds is 1. The Labute approximate surface area is 111 Å². The summed E-state index contributed by atoms with van der Waals surface area (Å²) in [7, 11) is 0. The van der Waals surface area contributed by atoms with E-state index in [9.17, 15) is 4.79 Å². The average Bonchev–Trinajstić information content (AvgIpc) is 2.91. The highest BCUT2D eigenvalue weighted by Gasteiger charge is 2.33. The molecule has 1 aliphatic heterocycles. The molecule has 1 aromatic heterocycles. The Bertz CT molecular complexity index is 408. The lowest BCUT2D eigenvalue weighted by molar-refractivity contribution is 0.108.